The highest BCUT2D eigenvalue weighted by Gasteiger charge is 2.21. The van der Waals surface area contributed by atoms with Crippen LogP contribution in [0.2, 0.25) is 0 Å². The van der Waals surface area contributed by atoms with Crippen LogP contribution in [0.1, 0.15) is 42.6 Å². The Morgan fingerprint density at radius 3 is 2.39 bits per heavy atom. The van der Waals surface area contributed by atoms with Crippen molar-refractivity contribution in [1.82, 2.24) is 5.32 Å². The number of benzene rings is 2. The molecule has 2 N–H and O–H groups in total. The Hall–Kier alpha value is -2.89. The average molecular weight is 383 g/mol. The minimum atomic E-state index is -0.331. The summed E-state index contributed by atoms with van der Waals surface area (Å²) in [4.78, 5) is 27.3. The topological polar surface area (TPSA) is 61.4 Å². The summed E-state index contributed by atoms with van der Waals surface area (Å²) in [5.74, 6) is -0.690. The first kappa shape index (κ1) is 19.9. The highest BCUT2D eigenvalue weighted by Crippen LogP contribution is 2.27. The molecule has 0 spiro atoms. The van der Waals surface area contributed by atoms with E-state index in [1.807, 2.05) is 26.0 Å². The van der Waals surface area contributed by atoms with E-state index in [4.69, 9.17) is 0 Å². The fourth-order valence-corrected chi connectivity index (χ4v) is 3.36. The Morgan fingerprint density at radius 1 is 1.07 bits per heavy atom. The van der Waals surface area contributed by atoms with Gasteiger partial charge in [0.25, 0.3) is 5.91 Å². The van der Waals surface area contributed by atoms with E-state index >= 15 is 0 Å². The minimum absolute atomic E-state index is 0.0238. The molecule has 1 saturated heterocycles. The summed E-state index contributed by atoms with van der Waals surface area (Å²) in [5.41, 5.74) is 2.76. The van der Waals surface area contributed by atoms with Gasteiger partial charge in [-0.05, 0) is 62.6 Å². The van der Waals surface area contributed by atoms with E-state index in [-0.39, 0.29) is 30.1 Å². The van der Waals surface area contributed by atoms with Crippen LogP contribution in [0, 0.1) is 5.82 Å². The van der Waals surface area contributed by atoms with Gasteiger partial charge in [0.05, 0.1) is 12.0 Å². The van der Waals surface area contributed by atoms with Crippen molar-refractivity contribution in [2.24, 2.45) is 0 Å². The zero-order valence-corrected chi connectivity index (χ0v) is 16.3. The summed E-state index contributed by atoms with van der Waals surface area (Å²) < 4.78 is 13.0. The van der Waals surface area contributed by atoms with Gasteiger partial charge in [0.1, 0.15) is 5.82 Å². The summed E-state index contributed by atoms with van der Waals surface area (Å²) in [6.45, 7) is 5.69. The third-order valence-corrected chi connectivity index (χ3v) is 4.67. The van der Waals surface area contributed by atoms with Crippen LogP contribution in [-0.2, 0) is 11.2 Å². The van der Waals surface area contributed by atoms with Crippen LogP contribution in [0.3, 0.4) is 0 Å². The van der Waals surface area contributed by atoms with Gasteiger partial charge in [0.2, 0.25) is 5.91 Å². The van der Waals surface area contributed by atoms with E-state index in [9.17, 15) is 14.0 Å². The second-order valence-corrected chi connectivity index (χ2v) is 7.41. The van der Waals surface area contributed by atoms with Crippen LogP contribution in [0.25, 0.3) is 0 Å². The van der Waals surface area contributed by atoms with Crippen molar-refractivity contribution in [1.29, 1.82) is 0 Å². The molecular weight excluding hydrogens is 357 g/mol. The highest BCUT2D eigenvalue weighted by atomic mass is 19.1. The Balaban J connectivity index is 1.77. The molecule has 0 atom stereocenters. The number of amides is 2. The largest absolute Gasteiger partial charge is 0.371 e. The maximum absolute atomic E-state index is 13.0. The quantitative estimate of drug-likeness (QED) is 0.799. The summed E-state index contributed by atoms with van der Waals surface area (Å²) in [7, 11) is 0. The fourth-order valence-electron chi connectivity index (χ4n) is 3.36. The Bertz CT molecular complexity index is 843. The Kier molecular flexibility index (Phi) is 6.29. The van der Waals surface area contributed by atoms with Crippen molar-refractivity contribution in [3.05, 3.63) is 59.4 Å². The van der Waals surface area contributed by atoms with E-state index in [2.05, 4.69) is 15.5 Å². The van der Waals surface area contributed by atoms with E-state index < -0.39 is 0 Å². The lowest BCUT2D eigenvalue weighted by atomic mass is 10.1. The molecular formula is C22H26FN3O2. The van der Waals surface area contributed by atoms with Gasteiger partial charge in [-0.3, -0.25) is 9.59 Å². The third kappa shape index (κ3) is 5.09. The van der Waals surface area contributed by atoms with Crippen molar-refractivity contribution >= 4 is 23.2 Å². The second-order valence-electron chi connectivity index (χ2n) is 7.41. The predicted octanol–water partition coefficient (Wildman–Crippen LogP) is 3.75. The molecule has 148 valence electrons. The number of nitrogens with one attached hydrogen (secondary N) is 2. The molecule has 0 aliphatic carbocycles. The normalized spacial score (nSPS) is 13.6. The molecule has 3 rings (SSSR count). The van der Waals surface area contributed by atoms with E-state index in [1.54, 1.807) is 18.2 Å². The monoisotopic (exact) mass is 383 g/mol. The maximum Gasteiger partial charge on any atom is 0.253 e. The first-order valence-electron chi connectivity index (χ1n) is 9.66. The molecule has 1 aliphatic heterocycles. The number of hydrogen-bond donors (Lipinski definition) is 2. The van der Waals surface area contributed by atoms with Gasteiger partial charge in [0.15, 0.2) is 0 Å². The maximum atomic E-state index is 13.0. The van der Waals surface area contributed by atoms with Crippen molar-refractivity contribution in [3.8, 4) is 0 Å². The van der Waals surface area contributed by atoms with Crippen molar-refractivity contribution in [3.63, 3.8) is 0 Å². The van der Waals surface area contributed by atoms with Crippen LogP contribution in [0.15, 0.2) is 42.5 Å². The van der Waals surface area contributed by atoms with Gasteiger partial charge in [-0.25, -0.2) is 4.39 Å². The molecule has 28 heavy (non-hydrogen) atoms. The molecule has 0 radical (unpaired) electrons. The summed E-state index contributed by atoms with van der Waals surface area (Å²) >= 11 is 0. The van der Waals surface area contributed by atoms with Gasteiger partial charge in [0, 0.05) is 30.5 Å². The molecule has 5 nitrogen and oxygen atoms in total. The molecule has 2 amide bonds. The molecule has 0 bridgehead atoms. The number of nitrogens with zero attached hydrogens (tertiary/aromatic N) is 1. The first-order valence-corrected chi connectivity index (χ1v) is 9.66. The molecule has 2 aromatic rings. The van der Waals surface area contributed by atoms with Crippen LogP contribution in [0.5, 0.6) is 0 Å². The molecule has 0 aromatic heterocycles. The molecule has 0 saturated carbocycles. The minimum Gasteiger partial charge on any atom is -0.371 e. The highest BCUT2D eigenvalue weighted by molar-refractivity contribution is 6.02. The molecule has 2 aromatic carbocycles. The molecule has 1 heterocycles. The SMILES string of the molecule is CC(C)NC(=O)c1cc(NC(=O)Cc2ccc(F)cc2)ccc1N1CCCC1. The molecule has 1 aliphatic rings. The van der Waals surface area contributed by atoms with Gasteiger partial charge >= 0.3 is 0 Å². The van der Waals surface area contributed by atoms with Crippen molar-refractivity contribution in [2.75, 3.05) is 23.3 Å². The summed E-state index contributed by atoms with van der Waals surface area (Å²) in [6.07, 6.45) is 2.37. The zero-order valence-electron chi connectivity index (χ0n) is 16.3. The summed E-state index contributed by atoms with van der Waals surface area (Å²) in [5, 5.41) is 5.77. The second kappa shape index (κ2) is 8.87. The molecule has 1 fully saturated rings. The Labute approximate surface area is 164 Å². The summed E-state index contributed by atoms with van der Waals surface area (Å²) in [6, 6.07) is 11.3. The lowest BCUT2D eigenvalue weighted by Crippen LogP contribution is -2.32. The van der Waals surface area contributed by atoms with Gasteiger partial charge in [-0.15, -0.1) is 0 Å². The third-order valence-electron chi connectivity index (χ3n) is 4.67. The van der Waals surface area contributed by atoms with Crippen LogP contribution >= 0.6 is 0 Å². The molecule has 6 heteroatoms. The number of carbonyl (C=O) groups excluding carboxylic acids is 2. The predicted molar refractivity (Wildman–Crippen MR) is 109 cm³/mol. The number of rotatable bonds is 6. The van der Waals surface area contributed by atoms with Crippen LogP contribution in [0.4, 0.5) is 15.8 Å². The van der Waals surface area contributed by atoms with E-state index in [1.165, 1.54) is 12.1 Å². The average Bonchev–Trinajstić information content (AvgIpc) is 3.17. The van der Waals surface area contributed by atoms with Gasteiger partial charge in [-0.1, -0.05) is 12.1 Å². The number of hydrogen-bond acceptors (Lipinski definition) is 3. The number of halogens is 1. The molecule has 0 unspecified atom stereocenters. The van der Waals surface area contributed by atoms with Gasteiger partial charge < -0.3 is 15.5 Å². The van der Waals surface area contributed by atoms with E-state index in [0.717, 1.165) is 37.2 Å². The first-order chi connectivity index (χ1) is 13.4. The van der Waals surface area contributed by atoms with Crippen LogP contribution in [-0.4, -0.2) is 30.9 Å². The number of carbonyl (C=O) groups is 2. The standard InChI is InChI=1S/C22H26FN3O2/c1-15(2)24-22(28)19-14-18(9-10-20(19)26-11-3-4-12-26)25-21(27)13-16-5-7-17(23)8-6-16/h5-10,14-15H,3-4,11-13H2,1-2H3,(H,24,28)(H,25,27). The lowest BCUT2D eigenvalue weighted by Gasteiger charge is -2.22. The van der Waals surface area contributed by atoms with E-state index in [0.29, 0.717) is 11.3 Å². The van der Waals surface area contributed by atoms with Gasteiger partial charge in [-0.2, -0.15) is 0 Å². The smallest absolute Gasteiger partial charge is 0.253 e. The number of anilines is 2. The lowest BCUT2D eigenvalue weighted by molar-refractivity contribution is -0.115. The van der Waals surface area contributed by atoms with Crippen molar-refractivity contribution in [2.45, 2.75) is 39.2 Å². The Morgan fingerprint density at radius 2 is 1.75 bits per heavy atom. The fraction of sp³-hybridized carbons (Fsp3) is 0.364. The zero-order chi connectivity index (χ0) is 20.1. The van der Waals surface area contributed by atoms with Crippen LogP contribution < -0.4 is 15.5 Å². The van der Waals surface area contributed by atoms with Crippen molar-refractivity contribution < 1.29 is 14.0 Å².